The Kier molecular flexibility index (Phi) is 7.89. The Balaban J connectivity index is 0.00000264. The molecule has 0 aromatic heterocycles. The quantitative estimate of drug-likeness (QED) is 0.806. The van der Waals surface area contributed by atoms with E-state index in [0.717, 1.165) is 43.7 Å². The maximum Gasteiger partial charge on any atom is 0.222 e. The SMILES string of the molecule is CC(=O)NCC1CCN(C(=O)CCc2ccccc2N)CC1.Cl. The molecule has 0 bridgehead atoms. The summed E-state index contributed by atoms with van der Waals surface area (Å²) in [7, 11) is 0. The van der Waals surface area contributed by atoms with Gasteiger partial charge in [-0.05, 0) is 36.8 Å². The van der Waals surface area contributed by atoms with E-state index in [-0.39, 0.29) is 24.2 Å². The van der Waals surface area contributed by atoms with Gasteiger partial charge >= 0.3 is 0 Å². The van der Waals surface area contributed by atoms with Crippen LogP contribution in [0, 0.1) is 5.92 Å². The summed E-state index contributed by atoms with van der Waals surface area (Å²) in [5.74, 6) is 0.693. The summed E-state index contributed by atoms with van der Waals surface area (Å²) in [6, 6.07) is 7.69. The molecule has 1 saturated heterocycles. The van der Waals surface area contributed by atoms with Crippen LogP contribution >= 0.6 is 12.4 Å². The fraction of sp³-hybridized carbons (Fsp3) is 0.529. The minimum Gasteiger partial charge on any atom is -0.399 e. The molecule has 3 N–H and O–H groups in total. The smallest absolute Gasteiger partial charge is 0.222 e. The molecule has 1 aromatic rings. The second-order valence-corrected chi connectivity index (χ2v) is 5.96. The number of nitrogens with zero attached hydrogens (tertiary/aromatic N) is 1. The molecule has 6 heteroatoms. The molecule has 1 heterocycles. The summed E-state index contributed by atoms with van der Waals surface area (Å²) < 4.78 is 0. The predicted octanol–water partition coefficient (Wildman–Crippen LogP) is 2.00. The van der Waals surface area contributed by atoms with Crippen molar-refractivity contribution in [2.75, 3.05) is 25.4 Å². The van der Waals surface area contributed by atoms with Gasteiger partial charge in [-0.15, -0.1) is 12.4 Å². The lowest BCUT2D eigenvalue weighted by Crippen LogP contribution is -2.41. The van der Waals surface area contributed by atoms with E-state index in [4.69, 9.17) is 5.73 Å². The molecule has 0 saturated carbocycles. The standard InChI is InChI=1S/C17H25N3O2.ClH/c1-13(21)19-12-14-8-10-20(11-9-14)17(22)7-6-15-4-2-3-5-16(15)18;/h2-5,14H,6-12,18H2,1H3,(H,19,21);1H. The van der Waals surface area contributed by atoms with Crippen LogP contribution in [0.25, 0.3) is 0 Å². The summed E-state index contributed by atoms with van der Waals surface area (Å²) in [6.45, 7) is 3.83. The lowest BCUT2D eigenvalue weighted by molar-refractivity contribution is -0.132. The molecule has 1 aromatic carbocycles. The Morgan fingerprint density at radius 1 is 1.26 bits per heavy atom. The van der Waals surface area contributed by atoms with Gasteiger partial charge in [0, 0.05) is 38.7 Å². The molecule has 0 radical (unpaired) electrons. The molecule has 1 aliphatic rings. The van der Waals surface area contributed by atoms with Crippen LogP contribution < -0.4 is 11.1 Å². The third-order valence-corrected chi connectivity index (χ3v) is 4.27. The zero-order valence-electron chi connectivity index (χ0n) is 13.6. The highest BCUT2D eigenvalue weighted by Crippen LogP contribution is 2.18. The van der Waals surface area contributed by atoms with E-state index in [1.54, 1.807) is 0 Å². The van der Waals surface area contributed by atoms with E-state index < -0.39 is 0 Å². The van der Waals surface area contributed by atoms with Gasteiger partial charge in [-0.25, -0.2) is 0 Å². The summed E-state index contributed by atoms with van der Waals surface area (Å²) in [5, 5.41) is 2.86. The number of para-hydroxylation sites is 1. The number of carbonyl (C=O) groups excluding carboxylic acids is 2. The van der Waals surface area contributed by atoms with Gasteiger partial charge < -0.3 is 16.0 Å². The van der Waals surface area contributed by atoms with E-state index in [1.165, 1.54) is 6.92 Å². The number of anilines is 1. The first-order valence-electron chi connectivity index (χ1n) is 7.92. The summed E-state index contributed by atoms with van der Waals surface area (Å²) in [4.78, 5) is 25.1. The molecule has 0 unspecified atom stereocenters. The molecule has 0 atom stereocenters. The molecule has 1 fully saturated rings. The second kappa shape index (κ2) is 9.40. The summed E-state index contributed by atoms with van der Waals surface area (Å²) >= 11 is 0. The molecule has 0 spiro atoms. The van der Waals surface area contributed by atoms with Crippen LogP contribution in [-0.4, -0.2) is 36.3 Å². The maximum atomic E-state index is 12.3. The van der Waals surface area contributed by atoms with Crippen molar-refractivity contribution in [1.29, 1.82) is 0 Å². The average molecular weight is 340 g/mol. The van der Waals surface area contributed by atoms with Gasteiger partial charge in [0.15, 0.2) is 0 Å². The van der Waals surface area contributed by atoms with Crippen LogP contribution in [0.4, 0.5) is 5.69 Å². The van der Waals surface area contributed by atoms with Crippen molar-refractivity contribution in [2.45, 2.75) is 32.6 Å². The lowest BCUT2D eigenvalue weighted by atomic mass is 9.96. The zero-order chi connectivity index (χ0) is 15.9. The zero-order valence-corrected chi connectivity index (χ0v) is 14.4. The molecule has 1 aliphatic heterocycles. The fourth-order valence-electron chi connectivity index (χ4n) is 2.84. The Morgan fingerprint density at radius 2 is 1.91 bits per heavy atom. The Hall–Kier alpha value is -1.75. The molecular formula is C17H26ClN3O2. The topological polar surface area (TPSA) is 75.4 Å². The van der Waals surface area contributed by atoms with Crippen molar-refractivity contribution in [3.05, 3.63) is 29.8 Å². The molecule has 5 nitrogen and oxygen atoms in total. The maximum absolute atomic E-state index is 12.3. The minimum absolute atomic E-state index is 0. The van der Waals surface area contributed by atoms with Crippen LogP contribution in [0.2, 0.25) is 0 Å². The van der Waals surface area contributed by atoms with Crippen LogP contribution in [0.1, 0.15) is 31.7 Å². The number of nitrogens with one attached hydrogen (secondary N) is 1. The molecule has 0 aliphatic carbocycles. The normalized spacial score (nSPS) is 14.9. The number of nitrogen functional groups attached to an aromatic ring is 1. The first-order chi connectivity index (χ1) is 10.6. The van der Waals surface area contributed by atoms with Gasteiger partial charge in [0.1, 0.15) is 0 Å². The van der Waals surface area contributed by atoms with Crippen molar-refractivity contribution in [3.8, 4) is 0 Å². The highest BCUT2D eigenvalue weighted by Gasteiger charge is 2.22. The van der Waals surface area contributed by atoms with Crippen molar-refractivity contribution >= 4 is 29.9 Å². The van der Waals surface area contributed by atoms with Gasteiger partial charge in [-0.2, -0.15) is 0 Å². The second-order valence-electron chi connectivity index (χ2n) is 5.96. The van der Waals surface area contributed by atoms with Crippen LogP contribution in [0.15, 0.2) is 24.3 Å². The average Bonchev–Trinajstić information content (AvgIpc) is 2.52. The highest BCUT2D eigenvalue weighted by atomic mass is 35.5. The third kappa shape index (κ3) is 6.10. The molecule has 23 heavy (non-hydrogen) atoms. The van der Waals surface area contributed by atoms with Crippen molar-refractivity contribution in [3.63, 3.8) is 0 Å². The number of piperidine rings is 1. The van der Waals surface area contributed by atoms with Gasteiger partial charge in [0.2, 0.25) is 11.8 Å². The number of halogens is 1. The van der Waals surface area contributed by atoms with Crippen molar-refractivity contribution < 1.29 is 9.59 Å². The molecular weight excluding hydrogens is 314 g/mol. The van der Waals surface area contributed by atoms with E-state index >= 15 is 0 Å². The Morgan fingerprint density at radius 3 is 2.52 bits per heavy atom. The summed E-state index contributed by atoms with van der Waals surface area (Å²) in [5.41, 5.74) is 7.69. The minimum atomic E-state index is 0. The molecule has 2 amide bonds. The Labute approximate surface area is 144 Å². The number of hydrogen-bond donors (Lipinski definition) is 2. The van der Waals surface area contributed by atoms with E-state index in [0.29, 0.717) is 18.8 Å². The number of nitrogens with two attached hydrogens (primary N) is 1. The van der Waals surface area contributed by atoms with Gasteiger partial charge in [0.05, 0.1) is 0 Å². The van der Waals surface area contributed by atoms with E-state index in [1.807, 2.05) is 29.2 Å². The Bertz CT molecular complexity index is 528. The first kappa shape index (κ1) is 19.3. The van der Waals surface area contributed by atoms with Crippen LogP contribution in [0.5, 0.6) is 0 Å². The number of benzene rings is 1. The first-order valence-corrected chi connectivity index (χ1v) is 7.92. The van der Waals surface area contributed by atoms with E-state index in [2.05, 4.69) is 5.32 Å². The largest absolute Gasteiger partial charge is 0.399 e. The van der Waals surface area contributed by atoms with Crippen LogP contribution in [-0.2, 0) is 16.0 Å². The number of likely N-dealkylation sites (tertiary alicyclic amines) is 1. The summed E-state index contributed by atoms with van der Waals surface area (Å²) in [6.07, 6.45) is 3.11. The van der Waals surface area contributed by atoms with Crippen LogP contribution in [0.3, 0.4) is 0 Å². The monoisotopic (exact) mass is 339 g/mol. The lowest BCUT2D eigenvalue weighted by Gasteiger charge is -2.32. The molecule has 128 valence electrons. The fourth-order valence-corrected chi connectivity index (χ4v) is 2.84. The number of amides is 2. The van der Waals surface area contributed by atoms with Crippen molar-refractivity contribution in [1.82, 2.24) is 10.2 Å². The number of carbonyl (C=O) groups is 2. The predicted molar refractivity (Wildman–Crippen MR) is 94.4 cm³/mol. The van der Waals surface area contributed by atoms with Crippen molar-refractivity contribution in [2.24, 2.45) is 5.92 Å². The van der Waals surface area contributed by atoms with Gasteiger partial charge in [-0.1, -0.05) is 18.2 Å². The van der Waals surface area contributed by atoms with Gasteiger partial charge in [-0.3, -0.25) is 9.59 Å². The van der Waals surface area contributed by atoms with E-state index in [9.17, 15) is 9.59 Å². The highest BCUT2D eigenvalue weighted by molar-refractivity contribution is 5.85. The number of aryl methyl sites for hydroxylation is 1. The number of rotatable bonds is 5. The number of hydrogen-bond acceptors (Lipinski definition) is 3. The van der Waals surface area contributed by atoms with Gasteiger partial charge in [0.25, 0.3) is 0 Å². The molecule has 2 rings (SSSR count). The third-order valence-electron chi connectivity index (χ3n) is 4.27.